The molecule has 0 aromatic heterocycles. The Balaban J connectivity index is 1.75. The number of hydrogen-bond donors (Lipinski definition) is 12. The Morgan fingerprint density at radius 2 is 0.500 bits per heavy atom. The van der Waals surface area contributed by atoms with Gasteiger partial charge in [0.15, 0.2) is 23.8 Å². The number of benzene rings is 4. The van der Waals surface area contributed by atoms with Gasteiger partial charge in [0, 0.05) is 51.9 Å². The Hall–Kier alpha value is -6.84. The fourth-order valence-electron chi connectivity index (χ4n) is 7.06. The lowest BCUT2D eigenvalue weighted by Gasteiger charge is -2.20. The highest BCUT2D eigenvalue weighted by Crippen LogP contribution is 2.39. The summed E-state index contributed by atoms with van der Waals surface area (Å²) in [6.07, 6.45) is 2.44. The van der Waals surface area contributed by atoms with Crippen LogP contribution in [0.3, 0.4) is 0 Å². The van der Waals surface area contributed by atoms with Gasteiger partial charge in [0.2, 0.25) is 0 Å². The van der Waals surface area contributed by atoms with E-state index in [0.717, 1.165) is 22.3 Å². The van der Waals surface area contributed by atoms with Crippen molar-refractivity contribution in [2.45, 2.75) is 51.4 Å². The monoisotopic (exact) mass is 764 g/mol. The fraction of sp³-hybridized carbons (Fsp3) is 0.300. The van der Waals surface area contributed by atoms with Crippen LogP contribution in [0.2, 0.25) is 0 Å². The summed E-state index contributed by atoms with van der Waals surface area (Å²) in [6.45, 7) is 1.25. The van der Waals surface area contributed by atoms with Gasteiger partial charge in [-0.2, -0.15) is 0 Å². The van der Waals surface area contributed by atoms with Gasteiger partial charge in [0.1, 0.15) is 23.0 Å². The molecule has 0 spiro atoms. The third-order valence-electron chi connectivity index (χ3n) is 9.61. The van der Waals surface area contributed by atoms with Crippen molar-refractivity contribution in [2.75, 3.05) is 26.2 Å². The highest BCUT2D eigenvalue weighted by Gasteiger charge is 2.22. The van der Waals surface area contributed by atoms with E-state index in [1.165, 1.54) is 0 Å². The number of fused-ring (bicyclic) bond motifs is 8. The van der Waals surface area contributed by atoms with Gasteiger partial charge in [0.05, 0.1) is 0 Å². The van der Waals surface area contributed by atoms with Gasteiger partial charge in [-0.15, -0.1) is 0 Å². The minimum absolute atomic E-state index is 0.0229. The Morgan fingerprint density at radius 1 is 0.339 bits per heavy atom. The average molecular weight is 765 g/mol. The molecule has 16 nitrogen and oxygen atoms in total. The SMILES string of the molecule is NC(N)=NCCc1cc2c(O)c(c1)Cc1cc(CCN=C(N)N)cc(c1O)Cc1cc(CCN=C(N)N)cc(c1O)Cc1cc(CCN=C(N)N)cc(c1O)C2. The summed E-state index contributed by atoms with van der Waals surface area (Å²) in [4.78, 5) is 16.6. The van der Waals surface area contributed by atoms with Crippen molar-refractivity contribution < 1.29 is 20.4 Å². The first-order valence-corrected chi connectivity index (χ1v) is 18.2. The van der Waals surface area contributed by atoms with Crippen LogP contribution in [0, 0.1) is 0 Å². The van der Waals surface area contributed by atoms with Crippen LogP contribution in [0.1, 0.15) is 66.8 Å². The fourth-order valence-corrected chi connectivity index (χ4v) is 7.06. The third kappa shape index (κ3) is 10.6. The first kappa shape index (κ1) is 40.3. The molecular formula is C40H52N12O4. The topological polar surface area (TPSA) is 339 Å². The van der Waals surface area contributed by atoms with Gasteiger partial charge in [-0.05, 0) is 92.4 Å². The molecule has 0 saturated carbocycles. The van der Waals surface area contributed by atoms with E-state index in [4.69, 9.17) is 45.9 Å². The van der Waals surface area contributed by atoms with Crippen molar-refractivity contribution in [1.29, 1.82) is 0 Å². The van der Waals surface area contributed by atoms with E-state index in [0.29, 0.717) is 96.4 Å². The summed E-state index contributed by atoms with van der Waals surface area (Å²) in [7, 11) is 0. The minimum Gasteiger partial charge on any atom is -0.507 e. The molecule has 4 aromatic carbocycles. The van der Waals surface area contributed by atoms with Crippen LogP contribution in [-0.2, 0) is 51.4 Å². The molecule has 1 aliphatic carbocycles. The molecular weight excluding hydrogens is 713 g/mol. The van der Waals surface area contributed by atoms with Crippen LogP contribution in [0.5, 0.6) is 23.0 Å². The predicted molar refractivity (Wildman–Crippen MR) is 221 cm³/mol. The van der Waals surface area contributed by atoms with Gasteiger partial charge < -0.3 is 66.3 Å². The van der Waals surface area contributed by atoms with Crippen LogP contribution >= 0.6 is 0 Å². The summed E-state index contributed by atoms with van der Waals surface area (Å²) >= 11 is 0. The lowest BCUT2D eigenvalue weighted by molar-refractivity contribution is 0.450. The number of aliphatic imine (C=N–C) groups is 4. The third-order valence-corrected chi connectivity index (χ3v) is 9.61. The van der Waals surface area contributed by atoms with Crippen molar-refractivity contribution in [3.8, 4) is 23.0 Å². The molecule has 0 aliphatic heterocycles. The lowest BCUT2D eigenvalue weighted by atomic mass is 9.87. The Kier molecular flexibility index (Phi) is 13.0. The molecule has 4 aromatic rings. The molecule has 0 saturated heterocycles. The maximum absolute atomic E-state index is 11.9. The maximum Gasteiger partial charge on any atom is 0.185 e. The lowest BCUT2D eigenvalue weighted by Crippen LogP contribution is -2.23. The maximum atomic E-state index is 11.9. The van der Waals surface area contributed by atoms with E-state index in [1.54, 1.807) is 0 Å². The van der Waals surface area contributed by atoms with Gasteiger partial charge in [-0.1, -0.05) is 48.5 Å². The van der Waals surface area contributed by atoms with Crippen molar-refractivity contribution in [3.63, 3.8) is 0 Å². The Morgan fingerprint density at radius 3 is 0.643 bits per heavy atom. The highest BCUT2D eigenvalue weighted by molar-refractivity contribution is 5.76. The normalized spacial score (nSPS) is 12.0. The molecule has 0 unspecified atom stereocenters. The molecule has 0 amide bonds. The van der Waals surface area contributed by atoms with Crippen LogP contribution in [-0.4, -0.2) is 70.4 Å². The second kappa shape index (κ2) is 18.0. The van der Waals surface area contributed by atoms with E-state index in [2.05, 4.69) is 20.0 Å². The second-order valence-corrected chi connectivity index (χ2v) is 14.0. The average Bonchev–Trinajstić information content (AvgIpc) is 3.11. The highest BCUT2D eigenvalue weighted by atomic mass is 16.3. The van der Waals surface area contributed by atoms with Gasteiger partial charge in [-0.25, -0.2) is 0 Å². The second-order valence-electron chi connectivity index (χ2n) is 14.0. The van der Waals surface area contributed by atoms with E-state index in [-0.39, 0.29) is 72.5 Å². The molecule has 16 heteroatoms. The van der Waals surface area contributed by atoms with Crippen molar-refractivity contribution in [1.82, 2.24) is 0 Å². The minimum atomic E-state index is -0.0348. The molecule has 0 heterocycles. The van der Waals surface area contributed by atoms with E-state index in [9.17, 15) is 20.4 Å². The van der Waals surface area contributed by atoms with Crippen molar-refractivity contribution in [3.05, 3.63) is 115 Å². The molecule has 20 N–H and O–H groups in total. The Labute approximate surface area is 325 Å². The standard InChI is InChI=1S/C40H52N12O4/c41-37(42)49-5-1-21-9-25-17-27-11-22(2-6-50-38(43)44)13-29(34(27)54)19-31-15-24(4-8-52-40(47)48)16-32(36(31)56)20-30-14-23(3-7-51-39(45)46)12-28(35(30)55)18-26(10-21)33(25)53/h9-16,53-56H,1-8,17-20H2,(H4,41,42,49)(H4,43,44,50)(H4,45,46,51)(H4,47,48,52). The van der Waals surface area contributed by atoms with Gasteiger partial charge >= 0.3 is 0 Å². The molecule has 56 heavy (non-hydrogen) atoms. The van der Waals surface area contributed by atoms with Crippen LogP contribution in [0.15, 0.2) is 68.5 Å². The summed E-state index contributed by atoms with van der Waals surface area (Å²) in [5.74, 6) is -0.0478. The summed E-state index contributed by atoms with van der Waals surface area (Å²) in [5.41, 5.74) is 52.7. The molecule has 0 atom stereocenters. The zero-order valence-corrected chi connectivity index (χ0v) is 31.3. The largest absolute Gasteiger partial charge is 0.507 e. The number of phenols is 4. The van der Waals surface area contributed by atoms with Crippen molar-refractivity contribution >= 4 is 23.8 Å². The number of aromatic hydroxyl groups is 4. The van der Waals surface area contributed by atoms with Gasteiger partial charge in [0.25, 0.3) is 0 Å². The molecule has 8 bridgehead atoms. The number of nitrogens with two attached hydrogens (primary N) is 8. The molecule has 0 fully saturated rings. The van der Waals surface area contributed by atoms with E-state index in [1.807, 2.05) is 48.5 Å². The van der Waals surface area contributed by atoms with Crippen LogP contribution < -0.4 is 45.9 Å². The molecule has 296 valence electrons. The van der Waals surface area contributed by atoms with E-state index >= 15 is 0 Å². The summed E-state index contributed by atoms with van der Waals surface area (Å²) in [5, 5.41) is 47.5. The number of guanidine groups is 4. The van der Waals surface area contributed by atoms with Crippen molar-refractivity contribution in [2.24, 2.45) is 65.8 Å². The molecule has 5 rings (SSSR count). The first-order chi connectivity index (χ1) is 26.7. The van der Waals surface area contributed by atoms with Gasteiger partial charge in [-0.3, -0.25) is 20.0 Å². The predicted octanol–water partition coefficient (Wildman–Crippen LogP) is 0.449. The Bertz CT molecular complexity index is 1800. The van der Waals surface area contributed by atoms with Crippen LogP contribution in [0.4, 0.5) is 0 Å². The van der Waals surface area contributed by atoms with Crippen LogP contribution in [0.25, 0.3) is 0 Å². The number of hydrogen-bond acceptors (Lipinski definition) is 8. The molecule has 1 aliphatic rings. The molecule has 0 radical (unpaired) electrons. The number of phenolic OH excluding ortho intramolecular Hbond substituents is 4. The zero-order chi connectivity index (χ0) is 40.5. The summed E-state index contributed by atoms with van der Waals surface area (Å²) in [6, 6.07) is 14.9. The number of nitrogens with zero attached hydrogens (tertiary/aromatic N) is 4. The van der Waals surface area contributed by atoms with E-state index < -0.39 is 0 Å². The zero-order valence-electron chi connectivity index (χ0n) is 31.3. The summed E-state index contributed by atoms with van der Waals surface area (Å²) < 4.78 is 0. The number of rotatable bonds is 12. The smallest absolute Gasteiger partial charge is 0.185 e. The quantitative estimate of drug-likeness (QED) is 0.0609. The first-order valence-electron chi connectivity index (χ1n) is 18.2.